The van der Waals surface area contributed by atoms with Crippen LogP contribution in [0.15, 0.2) is 78.9 Å². The van der Waals surface area contributed by atoms with E-state index in [1.165, 1.54) is 6.07 Å². The van der Waals surface area contributed by atoms with E-state index in [2.05, 4.69) is 5.32 Å². The number of carbonyl (C=O) groups is 1. The number of hydrogen-bond acceptors (Lipinski definition) is 5. The van der Waals surface area contributed by atoms with Gasteiger partial charge in [0.15, 0.2) is 0 Å². The van der Waals surface area contributed by atoms with Gasteiger partial charge in [-0.05, 0) is 17.2 Å². The first-order chi connectivity index (χ1) is 13.5. The molecule has 8 heteroatoms. The molecule has 0 aliphatic heterocycles. The molecule has 0 bridgehead atoms. The van der Waals surface area contributed by atoms with Gasteiger partial charge in [0.2, 0.25) is 5.91 Å². The first-order valence-corrected chi connectivity index (χ1v) is 8.31. The minimum Gasteiger partial charge on any atom is -0.320 e. The van der Waals surface area contributed by atoms with Crippen LogP contribution in [0.2, 0.25) is 0 Å². The second-order valence-electron chi connectivity index (χ2n) is 5.96. The lowest BCUT2D eigenvalue weighted by atomic mass is 9.90. The SMILES string of the molecule is O=C(Nc1ccc([N+](=O)[O-])cc1[N+](=O)[O-])C(c1ccccc1)c1ccccc1. The first kappa shape index (κ1) is 18.7. The van der Waals surface area contributed by atoms with Gasteiger partial charge in [-0.25, -0.2) is 0 Å². The van der Waals surface area contributed by atoms with E-state index in [9.17, 15) is 25.0 Å². The lowest BCUT2D eigenvalue weighted by Gasteiger charge is -2.18. The largest absolute Gasteiger partial charge is 0.320 e. The summed E-state index contributed by atoms with van der Waals surface area (Å²) in [4.78, 5) is 33.8. The zero-order valence-corrected chi connectivity index (χ0v) is 14.5. The van der Waals surface area contributed by atoms with Crippen LogP contribution in [0.25, 0.3) is 0 Å². The van der Waals surface area contributed by atoms with E-state index in [1.807, 2.05) is 12.1 Å². The van der Waals surface area contributed by atoms with Crippen molar-refractivity contribution in [1.29, 1.82) is 0 Å². The van der Waals surface area contributed by atoms with E-state index < -0.39 is 33.0 Å². The number of hydrogen-bond donors (Lipinski definition) is 1. The number of nitrogens with zero attached hydrogens (tertiary/aromatic N) is 2. The Bertz CT molecular complexity index is 983. The number of nitrogens with one attached hydrogen (secondary N) is 1. The van der Waals surface area contributed by atoms with Gasteiger partial charge in [0.1, 0.15) is 5.69 Å². The molecule has 0 saturated heterocycles. The molecule has 0 aromatic heterocycles. The molecular weight excluding hydrogens is 362 g/mol. The van der Waals surface area contributed by atoms with Gasteiger partial charge >= 0.3 is 0 Å². The van der Waals surface area contributed by atoms with E-state index in [1.54, 1.807) is 48.5 Å². The van der Waals surface area contributed by atoms with Crippen LogP contribution in [-0.4, -0.2) is 15.8 Å². The Morgan fingerprint density at radius 2 is 1.32 bits per heavy atom. The lowest BCUT2D eigenvalue weighted by Crippen LogP contribution is -2.22. The second-order valence-corrected chi connectivity index (χ2v) is 5.96. The summed E-state index contributed by atoms with van der Waals surface area (Å²) in [5, 5.41) is 24.8. The number of nitro benzene ring substituents is 2. The fraction of sp³-hybridized carbons (Fsp3) is 0.0500. The maximum Gasteiger partial charge on any atom is 0.299 e. The molecule has 3 rings (SSSR count). The van der Waals surface area contributed by atoms with Crippen LogP contribution in [0.3, 0.4) is 0 Å². The van der Waals surface area contributed by atoms with Crippen LogP contribution in [0.4, 0.5) is 17.1 Å². The first-order valence-electron chi connectivity index (χ1n) is 8.31. The number of anilines is 1. The van der Waals surface area contributed by atoms with Gasteiger partial charge in [-0.1, -0.05) is 60.7 Å². The molecule has 0 unspecified atom stereocenters. The lowest BCUT2D eigenvalue weighted by molar-refractivity contribution is -0.393. The minimum absolute atomic E-state index is 0.0996. The highest BCUT2D eigenvalue weighted by Crippen LogP contribution is 2.31. The monoisotopic (exact) mass is 377 g/mol. The van der Waals surface area contributed by atoms with Gasteiger partial charge < -0.3 is 5.32 Å². The van der Waals surface area contributed by atoms with E-state index in [0.29, 0.717) is 0 Å². The van der Waals surface area contributed by atoms with Crippen molar-refractivity contribution in [3.05, 3.63) is 110 Å². The highest BCUT2D eigenvalue weighted by atomic mass is 16.6. The second kappa shape index (κ2) is 8.09. The molecule has 0 heterocycles. The molecule has 28 heavy (non-hydrogen) atoms. The fourth-order valence-electron chi connectivity index (χ4n) is 2.88. The van der Waals surface area contributed by atoms with Crippen LogP contribution in [0.1, 0.15) is 17.0 Å². The number of carbonyl (C=O) groups excluding carboxylic acids is 1. The molecule has 0 aliphatic carbocycles. The van der Waals surface area contributed by atoms with Crippen LogP contribution in [0.5, 0.6) is 0 Å². The van der Waals surface area contributed by atoms with Crippen molar-refractivity contribution >= 4 is 23.0 Å². The molecule has 3 aromatic rings. The molecule has 0 spiro atoms. The predicted octanol–water partition coefficient (Wildman–Crippen LogP) is 4.27. The van der Waals surface area contributed by atoms with Gasteiger partial charge in [-0.3, -0.25) is 25.0 Å². The highest BCUT2D eigenvalue weighted by molar-refractivity contribution is 5.99. The summed E-state index contributed by atoms with van der Waals surface area (Å²) in [5.41, 5.74) is 0.374. The third-order valence-corrected chi connectivity index (χ3v) is 4.17. The number of non-ortho nitro benzene ring substituents is 1. The van der Waals surface area contributed by atoms with E-state index in [-0.39, 0.29) is 5.69 Å². The predicted molar refractivity (Wildman–Crippen MR) is 103 cm³/mol. The molecular formula is C20H15N3O5. The van der Waals surface area contributed by atoms with Gasteiger partial charge in [-0.2, -0.15) is 0 Å². The topological polar surface area (TPSA) is 115 Å². The smallest absolute Gasteiger partial charge is 0.299 e. The highest BCUT2D eigenvalue weighted by Gasteiger charge is 2.26. The van der Waals surface area contributed by atoms with Crippen LogP contribution in [-0.2, 0) is 4.79 Å². The third-order valence-electron chi connectivity index (χ3n) is 4.17. The van der Waals surface area contributed by atoms with Gasteiger partial charge in [0.05, 0.1) is 21.8 Å². The quantitative estimate of drug-likeness (QED) is 0.509. The maximum atomic E-state index is 13.0. The molecule has 140 valence electrons. The van der Waals surface area contributed by atoms with Crippen LogP contribution >= 0.6 is 0 Å². The summed E-state index contributed by atoms with van der Waals surface area (Å²) in [5.74, 6) is -1.17. The van der Waals surface area contributed by atoms with Crippen molar-refractivity contribution in [3.8, 4) is 0 Å². The van der Waals surface area contributed by atoms with Crippen LogP contribution in [0, 0.1) is 20.2 Å². The summed E-state index contributed by atoms with van der Waals surface area (Å²) in [6.45, 7) is 0. The molecule has 8 nitrogen and oxygen atoms in total. The normalized spacial score (nSPS) is 10.5. The number of rotatable bonds is 6. The molecule has 0 saturated carbocycles. The zero-order chi connectivity index (χ0) is 20.1. The minimum atomic E-state index is -0.761. The molecule has 1 N–H and O–H groups in total. The maximum absolute atomic E-state index is 13.0. The summed E-state index contributed by atoms with van der Waals surface area (Å²) in [7, 11) is 0. The Balaban J connectivity index is 1.99. The Kier molecular flexibility index (Phi) is 5.40. The molecule has 1 amide bonds. The van der Waals surface area contributed by atoms with E-state index >= 15 is 0 Å². The third kappa shape index (κ3) is 4.01. The molecule has 0 radical (unpaired) electrons. The summed E-state index contributed by atoms with van der Waals surface area (Å²) >= 11 is 0. The number of nitro groups is 2. The molecule has 3 aromatic carbocycles. The van der Waals surface area contributed by atoms with Gasteiger partial charge in [0.25, 0.3) is 11.4 Å². The zero-order valence-electron chi connectivity index (χ0n) is 14.5. The van der Waals surface area contributed by atoms with Crippen LogP contribution < -0.4 is 5.32 Å². The summed E-state index contributed by atoms with van der Waals surface area (Å²) in [6, 6.07) is 21.1. The molecule has 0 aliphatic rings. The molecule has 0 fully saturated rings. The molecule has 0 atom stereocenters. The fourth-order valence-corrected chi connectivity index (χ4v) is 2.88. The van der Waals surface area contributed by atoms with Crippen molar-refractivity contribution in [2.24, 2.45) is 0 Å². The van der Waals surface area contributed by atoms with Crippen molar-refractivity contribution in [1.82, 2.24) is 0 Å². The Morgan fingerprint density at radius 1 is 0.786 bits per heavy atom. The Labute approximate surface area is 159 Å². The van der Waals surface area contributed by atoms with Crippen molar-refractivity contribution < 1.29 is 14.6 Å². The van der Waals surface area contributed by atoms with Gasteiger partial charge in [-0.15, -0.1) is 0 Å². The van der Waals surface area contributed by atoms with Crippen molar-refractivity contribution in [3.63, 3.8) is 0 Å². The summed E-state index contributed by atoms with van der Waals surface area (Å²) < 4.78 is 0. The number of amides is 1. The summed E-state index contributed by atoms with van der Waals surface area (Å²) in [6.07, 6.45) is 0. The standard InChI is InChI=1S/C20H15N3O5/c24-20(21-17-12-11-16(22(25)26)13-18(17)23(27)28)19(14-7-3-1-4-8-14)15-9-5-2-6-10-15/h1-13,19H,(H,21,24). The van der Waals surface area contributed by atoms with Crippen molar-refractivity contribution in [2.75, 3.05) is 5.32 Å². The Morgan fingerprint density at radius 3 is 1.79 bits per heavy atom. The number of benzene rings is 3. The van der Waals surface area contributed by atoms with E-state index in [0.717, 1.165) is 23.3 Å². The van der Waals surface area contributed by atoms with E-state index in [4.69, 9.17) is 0 Å². The Hall–Kier alpha value is -4.07. The van der Waals surface area contributed by atoms with Gasteiger partial charge in [0, 0.05) is 6.07 Å². The average Bonchev–Trinajstić information content (AvgIpc) is 2.69. The van der Waals surface area contributed by atoms with Crippen molar-refractivity contribution in [2.45, 2.75) is 5.92 Å². The average molecular weight is 377 g/mol.